The number of rotatable bonds is 4. The van der Waals surface area contributed by atoms with Gasteiger partial charge in [-0.1, -0.05) is 22.5 Å². The molecule has 64 valence electrons. The topological polar surface area (TPSA) is 12.0 Å². The summed E-state index contributed by atoms with van der Waals surface area (Å²) in [5.74, 6) is 0. The molecule has 0 aliphatic carbocycles. The van der Waals surface area contributed by atoms with Crippen molar-refractivity contribution in [2.45, 2.75) is 27.7 Å². The third kappa shape index (κ3) is 6.28. The van der Waals surface area contributed by atoms with Crippen LogP contribution in [0.4, 0.5) is 0 Å². The Bertz CT molecular complexity index is 143. The largest absolute Gasteiger partial charge is 0.363 e. The minimum Gasteiger partial charge on any atom is -0.363 e. The van der Waals surface area contributed by atoms with Gasteiger partial charge in [0.1, 0.15) is 19.4 Å². The van der Waals surface area contributed by atoms with Crippen LogP contribution in [-0.4, -0.2) is 19.4 Å². The smallest absolute Gasteiger partial charge is 0.112 e. The number of hydrogen-bond donors (Lipinski definition) is 1. The van der Waals surface area contributed by atoms with E-state index in [9.17, 15) is 0 Å². The van der Waals surface area contributed by atoms with Crippen molar-refractivity contribution in [3.8, 4) is 0 Å². The lowest BCUT2D eigenvalue weighted by Crippen LogP contribution is -2.25. The van der Waals surface area contributed by atoms with Crippen LogP contribution in [0, 0.1) is 0 Å². The highest BCUT2D eigenvalue weighted by atomic mass is 28.3. The van der Waals surface area contributed by atoms with E-state index in [0.717, 1.165) is 0 Å². The van der Waals surface area contributed by atoms with Crippen LogP contribution in [-0.2, 0) is 0 Å². The Kier molecular flexibility index (Phi) is 6.50. The molecule has 0 radical (unpaired) electrons. The molecule has 0 saturated carbocycles. The zero-order valence-electron chi connectivity index (χ0n) is 8.07. The lowest BCUT2D eigenvalue weighted by Gasteiger charge is -2.02. The van der Waals surface area contributed by atoms with E-state index in [1.54, 1.807) is 10.4 Å². The first-order valence-corrected chi connectivity index (χ1v) is 6.97. The van der Waals surface area contributed by atoms with E-state index in [1.165, 1.54) is 0 Å². The predicted molar refractivity (Wildman–Crippen MR) is 59.1 cm³/mol. The van der Waals surface area contributed by atoms with Crippen LogP contribution < -0.4 is 4.65 Å². The molecule has 3 heteroatoms. The fraction of sp³-hybridized carbons (Fsp3) is 0.500. The van der Waals surface area contributed by atoms with Gasteiger partial charge in [0, 0.05) is 0 Å². The molecular weight excluding hydrogens is 166 g/mol. The van der Waals surface area contributed by atoms with Crippen molar-refractivity contribution in [2.24, 2.45) is 0 Å². The Balaban J connectivity index is 3.43. The first kappa shape index (κ1) is 10.9. The molecule has 0 fully saturated rings. The fourth-order valence-corrected chi connectivity index (χ4v) is 4.72. The maximum Gasteiger partial charge on any atom is 0.112 e. The van der Waals surface area contributed by atoms with Crippen LogP contribution >= 0.6 is 0 Å². The first-order chi connectivity index (χ1) is 5.20. The number of hydrogen-bond acceptors (Lipinski definition) is 1. The van der Waals surface area contributed by atoms with Gasteiger partial charge >= 0.3 is 0 Å². The van der Waals surface area contributed by atoms with Crippen molar-refractivity contribution in [3.63, 3.8) is 0 Å². The van der Waals surface area contributed by atoms with E-state index >= 15 is 0 Å². The summed E-state index contributed by atoms with van der Waals surface area (Å²) in [5, 5.41) is 3.14. The van der Waals surface area contributed by atoms with Crippen molar-refractivity contribution in [2.75, 3.05) is 0 Å². The zero-order chi connectivity index (χ0) is 8.69. The monoisotopic (exact) mass is 185 g/mol. The SMILES string of the molecule is CC=C(C)[SiH2]N[SiH2]C(C)=CC. The van der Waals surface area contributed by atoms with Crippen LogP contribution in [0.3, 0.4) is 0 Å². The number of nitrogens with one attached hydrogen (secondary N) is 1. The maximum atomic E-state index is 3.63. The molecule has 0 saturated heterocycles. The van der Waals surface area contributed by atoms with E-state index < -0.39 is 0 Å². The summed E-state index contributed by atoms with van der Waals surface area (Å²) >= 11 is 0. The third-order valence-corrected chi connectivity index (χ3v) is 5.73. The zero-order valence-corrected chi connectivity index (χ0v) is 10.9. The Morgan fingerprint density at radius 1 is 1.00 bits per heavy atom. The number of allylic oxidation sites excluding steroid dienone is 4. The molecule has 0 unspecified atom stereocenters. The maximum absolute atomic E-state index is 3.63. The van der Waals surface area contributed by atoms with Crippen LogP contribution in [0.15, 0.2) is 22.5 Å². The van der Waals surface area contributed by atoms with Crippen molar-refractivity contribution in [3.05, 3.63) is 22.5 Å². The third-order valence-electron chi connectivity index (χ3n) is 1.79. The van der Waals surface area contributed by atoms with Crippen LogP contribution in [0.2, 0.25) is 0 Å². The molecule has 0 aromatic heterocycles. The van der Waals surface area contributed by atoms with Crippen molar-refractivity contribution >= 4 is 19.4 Å². The van der Waals surface area contributed by atoms with Gasteiger partial charge in [-0.25, -0.2) is 0 Å². The van der Waals surface area contributed by atoms with Gasteiger partial charge in [-0.05, 0) is 27.7 Å². The molecule has 0 rings (SSSR count). The van der Waals surface area contributed by atoms with Gasteiger partial charge in [-0.2, -0.15) is 0 Å². The normalized spacial score (nSPS) is 16.0. The van der Waals surface area contributed by atoms with Crippen LogP contribution in [0.5, 0.6) is 0 Å². The molecule has 11 heavy (non-hydrogen) atoms. The highest BCUT2D eigenvalue weighted by Crippen LogP contribution is 1.87. The lowest BCUT2D eigenvalue weighted by molar-refractivity contribution is 1.45. The van der Waals surface area contributed by atoms with Crippen molar-refractivity contribution in [1.82, 2.24) is 4.65 Å². The second-order valence-electron chi connectivity index (χ2n) is 2.87. The Labute approximate surface area is 74.8 Å². The Morgan fingerprint density at radius 2 is 1.36 bits per heavy atom. The van der Waals surface area contributed by atoms with E-state index in [0.29, 0.717) is 0 Å². The predicted octanol–water partition coefficient (Wildman–Crippen LogP) is 0.591. The van der Waals surface area contributed by atoms with Crippen molar-refractivity contribution in [1.29, 1.82) is 0 Å². The standard InChI is InChI=1S/C8H19NSi2/c1-5-7(3)10-9-11-8(4)6-2/h5-6,9H,10-11H2,1-4H3. The lowest BCUT2D eigenvalue weighted by atomic mass is 10.6. The van der Waals surface area contributed by atoms with Gasteiger partial charge in [-0.3, -0.25) is 0 Å². The Morgan fingerprint density at radius 3 is 1.64 bits per heavy atom. The second-order valence-corrected chi connectivity index (χ2v) is 7.81. The molecule has 0 heterocycles. The molecule has 1 nitrogen and oxygen atoms in total. The van der Waals surface area contributed by atoms with Gasteiger partial charge in [0.05, 0.1) is 0 Å². The van der Waals surface area contributed by atoms with E-state index in [2.05, 4.69) is 44.5 Å². The molecule has 0 aromatic carbocycles. The minimum atomic E-state index is -0.0844. The summed E-state index contributed by atoms with van der Waals surface area (Å²) in [5.41, 5.74) is 0. The van der Waals surface area contributed by atoms with Gasteiger partial charge in [0.2, 0.25) is 0 Å². The summed E-state index contributed by atoms with van der Waals surface area (Å²) in [6.07, 6.45) is 4.44. The highest BCUT2D eigenvalue weighted by Gasteiger charge is 1.90. The van der Waals surface area contributed by atoms with Crippen molar-refractivity contribution < 1.29 is 0 Å². The summed E-state index contributed by atoms with van der Waals surface area (Å²) < 4.78 is 3.63. The molecule has 0 aliphatic rings. The molecule has 0 aromatic rings. The summed E-state index contributed by atoms with van der Waals surface area (Å²) in [4.78, 5) is 0. The van der Waals surface area contributed by atoms with Gasteiger partial charge < -0.3 is 4.65 Å². The first-order valence-electron chi connectivity index (χ1n) is 4.15. The molecule has 0 aliphatic heterocycles. The summed E-state index contributed by atoms with van der Waals surface area (Å²) in [6.45, 7) is 8.68. The average molecular weight is 185 g/mol. The molecule has 0 spiro atoms. The highest BCUT2D eigenvalue weighted by molar-refractivity contribution is 6.59. The Hall–Kier alpha value is -0.126. The molecule has 0 atom stereocenters. The average Bonchev–Trinajstić information content (AvgIpc) is 2.04. The second kappa shape index (κ2) is 6.58. The van der Waals surface area contributed by atoms with E-state index in [4.69, 9.17) is 0 Å². The van der Waals surface area contributed by atoms with E-state index in [1.807, 2.05) is 0 Å². The summed E-state index contributed by atoms with van der Waals surface area (Å²) in [6, 6.07) is 0. The van der Waals surface area contributed by atoms with E-state index in [-0.39, 0.29) is 19.4 Å². The quantitative estimate of drug-likeness (QED) is 0.632. The van der Waals surface area contributed by atoms with Gasteiger partial charge in [0.15, 0.2) is 0 Å². The molecular formula is C8H19NSi2. The fourth-order valence-electron chi connectivity index (χ4n) is 0.661. The summed E-state index contributed by atoms with van der Waals surface area (Å²) in [7, 11) is -0.169. The van der Waals surface area contributed by atoms with Gasteiger partial charge in [0.25, 0.3) is 0 Å². The van der Waals surface area contributed by atoms with Crippen LogP contribution in [0.1, 0.15) is 27.7 Å². The van der Waals surface area contributed by atoms with Gasteiger partial charge in [-0.15, -0.1) is 0 Å². The molecule has 0 amide bonds. The molecule has 0 bridgehead atoms. The molecule has 1 N–H and O–H groups in total. The van der Waals surface area contributed by atoms with Crippen LogP contribution in [0.25, 0.3) is 0 Å². The minimum absolute atomic E-state index is 0.0844.